The molecule has 3 heteroatoms. The van der Waals surface area contributed by atoms with Crippen LogP contribution in [0.5, 0.6) is 0 Å². The van der Waals surface area contributed by atoms with Gasteiger partial charge in [0.25, 0.3) is 0 Å². The molecule has 1 aliphatic rings. The molecular formula is C31H35NO2. The molecule has 0 N–H and O–H groups in total. The van der Waals surface area contributed by atoms with Crippen LogP contribution < -0.4 is 0 Å². The van der Waals surface area contributed by atoms with Crippen LogP contribution in [0.25, 0.3) is 0 Å². The minimum atomic E-state index is -0.271. The van der Waals surface area contributed by atoms with E-state index in [4.69, 9.17) is 4.74 Å². The van der Waals surface area contributed by atoms with E-state index in [1.165, 1.54) is 30.4 Å². The average Bonchev–Trinajstić information content (AvgIpc) is 3.30. The van der Waals surface area contributed by atoms with Gasteiger partial charge in [-0.3, -0.25) is 0 Å². The van der Waals surface area contributed by atoms with Crippen molar-refractivity contribution in [2.24, 2.45) is 0 Å². The Kier molecular flexibility index (Phi) is 8.19. The highest BCUT2D eigenvalue weighted by Crippen LogP contribution is 2.44. The van der Waals surface area contributed by atoms with Crippen molar-refractivity contribution in [3.63, 3.8) is 0 Å². The van der Waals surface area contributed by atoms with Crippen LogP contribution in [0.3, 0.4) is 0 Å². The topological polar surface area (TPSA) is 29.5 Å². The standard InChI is InChI=1S/C31H35NO2/c1-2-3-4-5-15-22-29-23-31(27-18-11-7-12-19-27,28-20-13-8-14-21-28)25-32(29)30(33)34-24-26-16-9-6-10-17-26/h6-22,29H,2-5,23-25H2,1H3/b22-15+. The quantitative estimate of drug-likeness (QED) is 0.248. The molecule has 0 saturated carbocycles. The lowest BCUT2D eigenvalue weighted by Crippen LogP contribution is -2.37. The summed E-state index contributed by atoms with van der Waals surface area (Å²) >= 11 is 0. The van der Waals surface area contributed by atoms with Crippen LogP contribution >= 0.6 is 0 Å². The van der Waals surface area contributed by atoms with Gasteiger partial charge in [0.2, 0.25) is 0 Å². The van der Waals surface area contributed by atoms with Gasteiger partial charge in [0.15, 0.2) is 0 Å². The molecule has 1 saturated heterocycles. The van der Waals surface area contributed by atoms with Gasteiger partial charge in [0.1, 0.15) is 6.61 Å². The number of unbranched alkanes of at least 4 members (excludes halogenated alkanes) is 3. The van der Waals surface area contributed by atoms with Crippen LogP contribution in [0.2, 0.25) is 0 Å². The molecule has 0 bridgehead atoms. The van der Waals surface area contributed by atoms with Crippen molar-refractivity contribution in [1.82, 2.24) is 4.90 Å². The lowest BCUT2D eigenvalue weighted by Gasteiger charge is -2.30. The maximum absolute atomic E-state index is 13.4. The molecule has 1 fully saturated rings. The summed E-state index contributed by atoms with van der Waals surface area (Å²) in [5.41, 5.74) is 3.21. The molecule has 1 amide bonds. The lowest BCUT2D eigenvalue weighted by molar-refractivity contribution is 0.0963. The molecule has 1 atom stereocenters. The molecular weight excluding hydrogens is 418 g/mol. The Morgan fingerprint density at radius 3 is 2.09 bits per heavy atom. The number of allylic oxidation sites excluding steroid dienone is 1. The van der Waals surface area contributed by atoms with E-state index in [1.54, 1.807) is 0 Å². The highest BCUT2D eigenvalue weighted by molar-refractivity contribution is 5.70. The first-order chi connectivity index (χ1) is 16.7. The number of rotatable bonds is 9. The van der Waals surface area contributed by atoms with Gasteiger partial charge in [0.05, 0.1) is 6.04 Å². The fraction of sp³-hybridized carbons (Fsp3) is 0.323. The van der Waals surface area contributed by atoms with Crippen LogP contribution in [-0.2, 0) is 16.8 Å². The maximum Gasteiger partial charge on any atom is 0.410 e. The molecule has 1 aliphatic heterocycles. The van der Waals surface area contributed by atoms with Gasteiger partial charge in [-0.1, -0.05) is 123 Å². The van der Waals surface area contributed by atoms with Crippen LogP contribution in [-0.4, -0.2) is 23.6 Å². The molecule has 3 nitrogen and oxygen atoms in total. The maximum atomic E-state index is 13.4. The lowest BCUT2D eigenvalue weighted by atomic mass is 9.73. The van der Waals surface area contributed by atoms with E-state index in [1.807, 2.05) is 47.4 Å². The van der Waals surface area contributed by atoms with Crippen LogP contribution in [0.1, 0.15) is 55.7 Å². The number of ether oxygens (including phenoxy) is 1. The molecule has 0 aromatic heterocycles. The van der Waals surface area contributed by atoms with Crippen molar-refractivity contribution in [3.05, 3.63) is 120 Å². The van der Waals surface area contributed by atoms with Gasteiger partial charge in [-0.15, -0.1) is 0 Å². The summed E-state index contributed by atoms with van der Waals surface area (Å²) < 4.78 is 5.81. The second-order valence-electron chi connectivity index (χ2n) is 9.18. The summed E-state index contributed by atoms with van der Waals surface area (Å²) in [6, 6.07) is 31.1. The molecule has 3 aromatic rings. The van der Waals surface area contributed by atoms with Gasteiger partial charge < -0.3 is 9.64 Å². The normalized spacial score (nSPS) is 17.2. The number of benzene rings is 3. The Balaban J connectivity index is 1.62. The number of hydrogen-bond acceptors (Lipinski definition) is 2. The summed E-state index contributed by atoms with van der Waals surface area (Å²) in [4.78, 5) is 15.3. The Morgan fingerprint density at radius 1 is 0.912 bits per heavy atom. The first kappa shape index (κ1) is 23.8. The average molecular weight is 454 g/mol. The molecule has 0 spiro atoms. The van der Waals surface area contributed by atoms with Crippen molar-refractivity contribution >= 4 is 6.09 Å². The molecule has 1 unspecified atom stereocenters. The zero-order chi connectivity index (χ0) is 23.6. The van der Waals surface area contributed by atoms with Crippen LogP contribution in [0, 0.1) is 0 Å². The van der Waals surface area contributed by atoms with Gasteiger partial charge in [-0.25, -0.2) is 4.79 Å². The molecule has 176 valence electrons. The van der Waals surface area contributed by atoms with Crippen LogP contribution in [0.15, 0.2) is 103 Å². The number of carbonyl (C=O) groups is 1. The zero-order valence-corrected chi connectivity index (χ0v) is 20.1. The van der Waals surface area contributed by atoms with E-state index in [-0.39, 0.29) is 24.2 Å². The van der Waals surface area contributed by atoms with Crippen molar-refractivity contribution in [3.8, 4) is 0 Å². The summed E-state index contributed by atoms with van der Waals surface area (Å²) in [7, 11) is 0. The van der Waals surface area contributed by atoms with Crippen molar-refractivity contribution in [2.45, 2.75) is 57.1 Å². The fourth-order valence-electron chi connectivity index (χ4n) is 4.98. The summed E-state index contributed by atoms with van der Waals surface area (Å²) in [6.45, 7) is 3.10. The first-order valence-corrected chi connectivity index (χ1v) is 12.5. The summed E-state index contributed by atoms with van der Waals surface area (Å²) in [5.74, 6) is 0. The van der Waals surface area contributed by atoms with Gasteiger partial charge in [-0.2, -0.15) is 0 Å². The molecule has 1 heterocycles. The minimum absolute atomic E-state index is 0.00897. The van der Waals surface area contributed by atoms with Gasteiger partial charge >= 0.3 is 6.09 Å². The van der Waals surface area contributed by atoms with Gasteiger partial charge in [-0.05, 0) is 36.0 Å². The number of carbonyl (C=O) groups excluding carboxylic acids is 1. The molecule has 4 rings (SSSR count). The second kappa shape index (κ2) is 11.7. The van der Waals surface area contributed by atoms with E-state index in [0.717, 1.165) is 18.4 Å². The molecule has 3 aromatic carbocycles. The smallest absolute Gasteiger partial charge is 0.410 e. The van der Waals surface area contributed by atoms with Gasteiger partial charge in [0, 0.05) is 12.0 Å². The SMILES string of the molecule is CCCCC/C=C/C1CC(c2ccccc2)(c2ccccc2)CN1C(=O)OCc1ccccc1. The van der Waals surface area contributed by atoms with E-state index < -0.39 is 0 Å². The Labute approximate surface area is 204 Å². The zero-order valence-electron chi connectivity index (χ0n) is 20.1. The van der Waals surface area contributed by atoms with E-state index >= 15 is 0 Å². The Morgan fingerprint density at radius 2 is 1.50 bits per heavy atom. The molecule has 0 radical (unpaired) electrons. The molecule has 0 aliphatic carbocycles. The Hall–Kier alpha value is -3.33. The van der Waals surface area contributed by atoms with Crippen molar-refractivity contribution < 1.29 is 9.53 Å². The second-order valence-corrected chi connectivity index (χ2v) is 9.18. The third kappa shape index (κ3) is 5.59. The number of likely N-dealkylation sites (tertiary alicyclic amines) is 1. The van der Waals surface area contributed by atoms with E-state index in [0.29, 0.717) is 6.54 Å². The third-order valence-electron chi connectivity index (χ3n) is 6.82. The van der Waals surface area contributed by atoms with Crippen LogP contribution in [0.4, 0.5) is 4.79 Å². The van der Waals surface area contributed by atoms with E-state index in [2.05, 4.69) is 67.6 Å². The monoisotopic (exact) mass is 453 g/mol. The number of hydrogen-bond donors (Lipinski definition) is 0. The minimum Gasteiger partial charge on any atom is -0.445 e. The number of amides is 1. The summed E-state index contributed by atoms with van der Waals surface area (Å²) in [5, 5.41) is 0. The third-order valence-corrected chi connectivity index (χ3v) is 6.82. The van der Waals surface area contributed by atoms with Crippen molar-refractivity contribution in [1.29, 1.82) is 0 Å². The highest BCUT2D eigenvalue weighted by atomic mass is 16.6. The predicted octanol–water partition coefficient (Wildman–Crippen LogP) is 7.52. The van der Waals surface area contributed by atoms with E-state index in [9.17, 15) is 4.79 Å². The predicted molar refractivity (Wildman–Crippen MR) is 139 cm³/mol. The Bertz CT molecular complexity index is 1010. The summed E-state index contributed by atoms with van der Waals surface area (Å²) in [6.07, 6.45) is 9.74. The first-order valence-electron chi connectivity index (χ1n) is 12.5. The fourth-order valence-corrected chi connectivity index (χ4v) is 4.98. The van der Waals surface area contributed by atoms with Crippen molar-refractivity contribution in [2.75, 3.05) is 6.54 Å². The number of nitrogens with zero attached hydrogens (tertiary/aromatic N) is 1. The largest absolute Gasteiger partial charge is 0.445 e. The highest BCUT2D eigenvalue weighted by Gasteiger charge is 2.47. The molecule has 34 heavy (non-hydrogen) atoms.